The monoisotopic (exact) mass is 308 g/mol. The van der Waals surface area contributed by atoms with Gasteiger partial charge in [-0.15, -0.1) is 0 Å². The maximum atomic E-state index is 12.6. The second-order valence-corrected chi connectivity index (χ2v) is 3.66. The van der Waals surface area contributed by atoms with Crippen LogP contribution in [-0.2, 0) is 10.1 Å². The topological polar surface area (TPSA) is 65.2 Å². The lowest BCUT2D eigenvalue weighted by molar-refractivity contribution is 0.0526. The number of pyridine rings is 1. The molecule has 0 fully saturated rings. The molecule has 0 aliphatic heterocycles. The molecule has 7 heteroatoms. The van der Waals surface area contributed by atoms with Crippen LogP contribution in [0.2, 0.25) is 0 Å². The first-order valence-electron chi connectivity index (χ1n) is 4.81. The van der Waals surface area contributed by atoms with E-state index in [-0.39, 0.29) is 28.8 Å². The van der Waals surface area contributed by atoms with Crippen LogP contribution in [0, 0.1) is 0 Å². The van der Waals surface area contributed by atoms with Gasteiger partial charge in [0.15, 0.2) is 0 Å². The number of anilines is 1. The summed E-state index contributed by atoms with van der Waals surface area (Å²) in [6, 6.07) is 0. The Balaban J connectivity index is 3.24. The summed E-state index contributed by atoms with van der Waals surface area (Å²) in [5, 5.41) is 0.0960. The number of alkyl halides is 3. The molecule has 0 saturated carbocycles. The number of esters is 1. The molecule has 4 nitrogen and oxygen atoms in total. The Morgan fingerprint density at radius 2 is 2.29 bits per heavy atom. The summed E-state index contributed by atoms with van der Waals surface area (Å²) in [7, 11) is 0. The largest absolute Gasteiger partial charge is 0.462 e. The second-order valence-electron chi connectivity index (χ2n) is 3.10. The number of ether oxygens (including phenoxy) is 1. The molecule has 2 N–H and O–H groups in total. The third kappa shape index (κ3) is 2.91. The van der Waals surface area contributed by atoms with Gasteiger partial charge in [-0.3, -0.25) is 4.98 Å². The minimum Gasteiger partial charge on any atom is -0.462 e. The van der Waals surface area contributed by atoms with E-state index in [1.54, 1.807) is 6.92 Å². The normalized spacial score (nSPS) is 10.6. The highest BCUT2D eigenvalue weighted by Gasteiger charge is 2.21. The molecule has 0 saturated heterocycles. The molecule has 94 valence electrons. The Kier molecular flexibility index (Phi) is 4.80. The van der Waals surface area contributed by atoms with Gasteiger partial charge in [-0.2, -0.15) is 0 Å². The van der Waals surface area contributed by atoms with E-state index in [2.05, 4.69) is 20.9 Å². The minimum absolute atomic E-state index is 0.00528. The van der Waals surface area contributed by atoms with Crippen molar-refractivity contribution in [3.63, 3.8) is 0 Å². The number of aromatic nitrogens is 1. The predicted octanol–water partition coefficient (Wildman–Crippen LogP) is 2.67. The number of rotatable bonds is 4. The zero-order chi connectivity index (χ0) is 13.0. The number of nitrogens with two attached hydrogens (primary N) is 1. The van der Waals surface area contributed by atoms with Crippen molar-refractivity contribution in [2.24, 2.45) is 0 Å². The lowest BCUT2D eigenvalue weighted by Gasteiger charge is -2.12. The van der Waals surface area contributed by atoms with Crippen LogP contribution in [0.25, 0.3) is 0 Å². The molecule has 0 unspecified atom stereocenters. The van der Waals surface area contributed by atoms with E-state index in [0.717, 1.165) is 6.20 Å². The van der Waals surface area contributed by atoms with Crippen molar-refractivity contribution >= 4 is 27.6 Å². The van der Waals surface area contributed by atoms with Gasteiger partial charge in [-0.05, 0) is 6.92 Å². The smallest absolute Gasteiger partial charge is 0.341 e. The fourth-order valence-electron chi connectivity index (χ4n) is 1.28. The van der Waals surface area contributed by atoms with Crippen LogP contribution in [0.3, 0.4) is 0 Å². The van der Waals surface area contributed by atoms with E-state index in [4.69, 9.17) is 10.5 Å². The number of carbonyl (C=O) groups is 1. The molecule has 1 aromatic rings. The number of hydrogen-bond acceptors (Lipinski definition) is 4. The quantitative estimate of drug-likeness (QED) is 0.686. The molecule has 0 spiro atoms. The maximum Gasteiger partial charge on any atom is 0.341 e. The summed E-state index contributed by atoms with van der Waals surface area (Å²) in [6.07, 6.45) is -1.72. The Bertz CT molecular complexity index is 427. The van der Waals surface area contributed by atoms with Crippen LogP contribution in [0.5, 0.6) is 0 Å². The first-order chi connectivity index (χ1) is 8.02. The van der Waals surface area contributed by atoms with Gasteiger partial charge >= 0.3 is 5.97 Å². The average molecular weight is 309 g/mol. The molecule has 0 aliphatic carbocycles. The highest BCUT2D eigenvalue weighted by atomic mass is 79.9. The standard InChI is InChI=1S/C10H11BrF2N2O2/c1-2-17-10(16)6-4-15-8(9(12)13)5(3-11)7(6)14/h4,9H,2-3H2,1H3,(H2,14,15). The third-order valence-corrected chi connectivity index (χ3v) is 2.65. The van der Waals surface area contributed by atoms with Crippen molar-refractivity contribution in [2.75, 3.05) is 12.3 Å². The number of hydrogen-bond donors (Lipinski definition) is 1. The fraction of sp³-hybridized carbons (Fsp3) is 0.400. The Morgan fingerprint density at radius 3 is 2.76 bits per heavy atom. The van der Waals surface area contributed by atoms with Crippen molar-refractivity contribution in [1.82, 2.24) is 4.98 Å². The molecule has 0 bridgehead atoms. The summed E-state index contributed by atoms with van der Waals surface area (Å²) in [5.74, 6) is -0.666. The molecule has 1 rings (SSSR count). The molecular formula is C10H11BrF2N2O2. The van der Waals surface area contributed by atoms with E-state index in [9.17, 15) is 13.6 Å². The van der Waals surface area contributed by atoms with E-state index in [1.807, 2.05) is 0 Å². The van der Waals surface area contributed by atoms with Crippen molar-refractivity contribution < 1.29 is 18.3 Å². The molecule has 1 heterocycles. The summed E-state index contributed by atoms with van der Waals surface area (Å²) < 4.78 is 30.0. The minimum atomic E-state index is -2.74. The van der Waals surface area contributed by atoms with E-state index in [1.165, 1.54) is 0 Å². The molecule has 0 radical (unpaired) electrons. The molecule has 17 heavy (non-hydrogen) atoms. The molecule has 0 aliphatic rings. The van der Waals surface area contributed by atoms with Crippen molar-refractivity contribution in [3.05, 3.63) is 23.0 Å². The van der Waals surface area contributed by atoms with E-state index in [0.29, 0.717) is 0 Å². The van der Waals surface area contributed by atoms with Crippen molar-refractivity contribution in [1.29, 1.82) is 0 Å². The average Bonchev–Trinajstić information content (AvgIpc) is 2.28. The molecule has 0 amide bonds. The van der Waals surface area contributed by atoms with Crippen LogP contribution in [-0.4, -0.2) is 17.6 Å². The van der Waals surface area contributed by atoms with Gasteiger partial charge in [-0.25, -0.2) is 13.6 Å². The van der Waals surface area contributed by atoms with Crippen molar-refractivity contribution in [3.8, 4) is 0 Å². The summed E-state index contributed by atoms with van der Waals surface area (Å²) in [5.41, 5.74) is 5.33. The highest BCUT2D eigenvalue weighted by molar-refractivity contribution is 9.08. The Morgan fingerprint density at radius 1 is 1.65 bits per heavy atom. The number of halogens is 3. The molecular weight excluding hydrogens is 298 g/mol. The van der Waals surface area contributed by atoms with Crippen molar-refractivity contribution in [2.45, 2.75) is 18.7 Å². The van der Waals surface area contributed by atoms with Gasteiger partial charge < -0.3 is 10.5 Å². The molecule has 0 aromatic carbocycles. The molecule has 1 aromatic heterocycles. The zero-order valence-electron chi connectivity index (χ0n) is 9.04. The summed E-state index contributed by atoms with van der Waals surface area (Å²) in [6.45, 7) is 1.82. The summed E-state index contributed by atoms with van der Waals surface area (Å²) >= 11 is 3.04. The van der Waals surface area contributed by atoms with Crippen LogP contribution in [0.1, 0.15) is 35.0 Å². The van der Waals surface area contributed by atoms with Gasteiger partial charge in [-0.1, -0.05) is 15.9 Å². The van der Waals surface area contributed by atoms with Gasteiger partial charge in [0.25, 0.3) is 6.43 Å². The summed E-state index contributed by atoms with van der Waals surface area (Å²) in [4.78, 5) is 15.0. The Hall–Kier alpha value is -1.24. The van der Waals surface area contributed by atoms with Gasteiger partial charge in [0.2, 0.25) is 0 Å². The van der Waals surface area contributed by atoms with Gasteiger partial charge in [0, 0.05) is 17.1 Å². The molecule has 0 atom stereocenters. The van der Waals surface area contributed by atoms with Gasteiger partial charge in [0.1, 0.15) is 11.3 Å². The fourth-order valence-corrected chi connectivity index (χ4v) is 1.87. The lowest BCUT2D eigenvalue weighted by atomic mass is 10.1. The predicted molar refractivity (Wildman–Crippen MR) is 62.2 cm³/mol. The SMILES string of the molecule is CCOC(=O)c1cnc(C(F)F)c(CBr)c1N. The van der Waals surface area contributed by atoms with Crippen LogP contribution in [0.4, 0.5) is 14.5 Å². The van der Waals surface area contributed by atoms with E-state index < -0.39 is 18.1 Å². The van der Waals surface area contributed by atoms with Crippen LogP contribution >= 0.6 is 15.9 Å². The lowest BCUT2D eigenvalue weighted by Crippen LogP contribution is -2.12. The second kappa shape index (κ2) is 5.90. The van der Waals surface area contributed by atoms with Gasteiger partial charge in [0.05, 0.1) is 12.3 Å². The highest BCUT2D eigenvalue weighted by Crippen LogP contribution is 2.29. The maximum absolute atomic E-state index is 12.6. The first-order valence-corrected chi connectivity index (χ1v) is 5.93. The number of nitrogen functional groups attached to an aromatic ring is 1. The zero-order valence-corrected chi connectivity index (χ0v) is 10.6. The third-order valence-electron chi connectivity index (χ3n) is 2.09. The van der Waals surface area contributed by atoms with E-state index >= 15 is 0 Å². The van der Waals surface area contributed by atoms with Crippen LogP contribution < -0.4 is 5.73 Å². The van der Waals surface area contributed by atoms with Crippen LogP contribution in [0.15, 0.2) is 6.20 Å². The first kappa shape index (κ1) is 13.8. The Labute approximate surface area is 105 Å². The number of nitrogens with zero attached hydrogens (tertiary/aromatic N) is 1. The number of carbonyl (C=O) groups excluding carboxylic acids is 1.